The molecule has 26 heavy (non-hydrogen) atoms. The molecule has 4 atom stereocenters. The van der Waals surface area contributed by atoms with Crippen LogP contribution in [0.25, 0.3) is 0 Å². The maximum absolute atomic E-state index is 13.3. The first-order valence-corrected chi connectivity index (χ1v) is 9.47. The van der Waals surface area contributed by atoms with Crippen LogP contribution < -0.4 is 0 Å². The molecule has 1 amide bonds. The molecule has 5 nitrogen and oxygen atoms in total. The van der Waals surface area contributed by atoms with Crippen molar-refractivity contribution in [1.29, 1.82) is 0 Å². The molecule has 0 spiro atoms. The van der Waals surface area contributed by atoms with E-state index >= 15 is 0 Å². The Morgan fingerprint density at radius 1 is 1.27 bits per heavy atom. The fraction of sp³-hybridized carbons (Fsp3) is 0.600. The molecule has 0 saturated carbocycles. The molecular formula is C20H28ClNO4. The summed E-state index contributed by atoms with van der Waals surface area (Å²) in [6.45, 7) is 4.03. The first-order chi connectivity index (χ1) is 12.4. The molecule has 0 N–H and O–H groups in total. The molecule has 2 rings (SSSR count). The van der Waals surface area contributed by atoms with Gasteiger partial charge in [0, 0.05) is 18.1 Å². The van der Waals surface area contributed by atoms with Crippen LogP contribution in [0.15, 0.2) is 24.3 Å². The van der Waals surface area contributed by atoms with Gasteiger partial charge in [-0.1, -0.05) is 30.7 Å². The van der Waals surface area contributed by atoms with Crippen molar-refractivity contribution in [2.45, 2.75) is 57.7 Å². The minimum absolute atomic E-state index is 0.00245. The van der Waals surface area contributed by atoms with Gasteiger partial charge in [-0.15, -0.1) is 0 Å². The highest BCUT2D eigenvalue weighted by molar-refractivity contribution is 6.30. The van der Waals surface area contributed by atoms with E-state index in [-0.39, 0.29) is 42.4 Å². The molecule has 1 aliphatic rings. The van der Waals surface area contributed by atoms with Crippen LogP contribution in [0.2, 0.25) is 5.02 Å². The summed E-state index contributed by atoms with van der Waals surface area (Å²) in [5, 5.41) is 0.670. The summed E-state index contributed by atoms with van der Waals surface area (Å²) < 4.78 is 10.3. The number of carbonyl (C=O) groups is 2. The van der Waals surface area contributed by atoms with Crippen LogP contribution >= 0.6 is 11.6 Å². The average molecular weight is 382 g/mol. The largest absolute Gasteiger partial charge is 0.469 e. The predicted octanol–water partition coefficient (Wildman–Crippen LogP) is 4.00. The summed E-state index contributed by atoms with van der Waals surface area (Å²) in [6, 6.07) is 7.53. The summed E-state index contributed by atoms with van der Waals surface area (Å²) in [6.07, 6.45) is 2.25. The van der Waals surface area contributed by atoms with E-state index in [1.54, 1.807) is 7.11 Å². The highest BCUT2D eigenvalue weighted by Gasteiger charge is 2.41. The Balaban J connectivity index is 2.36. The second kappa shape index (κ2) is 9.38. The number of ether oxygens (including phenoxy) is 2. The van der Waals surface area contributed by atoms with E-state index in [0.29, 0.717) is 11.4 Å². The first-order valence-electron chi connectivity index (χ1n) is 9.10. The lowest BCUT2D eigenvalue weighted by molar-refractivity contribution is -0.155. The molecule has 1 saturated heterocycles. The number of nitrogens with zero attached hydrogens (tertiary/aromatic N) is 1. The zero-order chi connectivity index (χ0) is 19.3. The number of likely N-dealkylation sites (tertiary alicyclic amines) is 1. The number of benzene rings is 1. The van der Waals surface area contributed by atoms with Crippen molar-refractivity contribution in [3.05, 3.63) is 34.9 Å². The molecule has 0 aromatic heterocycles. The molecule has 0 aliphatic carbocycles. The number of esters is 1. The topological polar surface area (TPSA) is 55.8 Å². The van der Waals surface area contributed by atoms with Gasteiger partial charge in [0.25, 0.3) is 0 Å². The Bertz CT molecular complexity index is 619. The van der Waals surface area contributed by atoms with Crippen LogP contribution in [-0.4, -0.2) is 43.1 Å². The Kier molecular flexibility index (Phi) is 7.47. The van der Waals surface area contributed by atoms with E-state index in [4.69, 9.17) is 21.1 Å². The van der Waals surface area contributed by atoms with E-state index < -0.39 is 0 Å². The van der Waals surface area contributed by atoms with Gasteiger partial charge in [0.2, 0.25) is 5.91 Å². The van der Waals surface area contributed by atoms with E-state index in [1.165, 1.54) is 7.11 Å². The number of hydrogen-bond acceptors (Lipinski definition) is 4. The first kappa shape index (κ1) is 20.7. The predicted molar refractivity (Wildman–Crippen MR) is 101 cm³/mol. The minimum Gasteiger partial charge on any atom is -0.469 e. The van der Waals surface area contributed by atoms with Gasteiger partial charge in [-0.2, -0.15) is 0 Å². The lowest BCUT2D eigenvalue weighted by Gasteiger charge is -2.45. The normalized spacial score (nSPS) is 22.8. The highest BCUT2D eigenvalue weighted by atomic mass is 35.5. The number of halogens is 1. The van der Waals surface area contributed by atoms with Crippen LogP contribution in [-0.2, 0) is 19.1 Å². The standard InChI is InChI=1S/C20H28ClNO4/c1-5-17(13(2)25-3)22-18(14-6-9-16(21)10-7-14)11-8-15(20(22)24)12-19(23)26-4/h6-7,9-10,13,15,17-18H,5,8,11-12H2,1-4H3. The fourth-order valence-corrected chi connectivity index (χ4v) is 3.90. The zero-order valence-electron chi connectivity index (χ0n) is 15.9. The van der Waals surface area contributed by atoms with Crippen LogP contribution in [0.4, 0.5) is 0 Å². The Morgan fingerprint density at radius 2 is 1.92 bits per heavy atom. The molecule has 1 heterocycles. The number of piperidine rings is 1. The number of amides is 1. The number of carbonyl (C=O) groups excluding carboxylic acids is 2. The van der Waals surface area contributed by atoms with Gasteiger partial charge in [-0.25, -0.2) is 0 Å². The van der Waals surface area contributed by atoms with E-state index in [0.717, 1.165) is 18.4 Å². The maximum atomic E-state index is 13.3. The van der Waals surface area contributed by atoms with Crippen molar-refractivity contribution in [3.63, 3.8) is 0 Å². The van der Waals surface area contributed by atoms with Crippen molar-refractivity contribution >= 4 is 23.5 Å². The van der Waals surface area contributed by atoms with Crippen LogP contribution in [0.5, 0.6) is 0 Å². The smallest absolute Gasteiger partial charge is 0.306 e. The summed E-state index contributed by atoms with van der Waals surface area (Å²) in [4.78, 5) is 26.9. The van der Waals surface area contributed by atoms with Gasteiger partial charge in [-0.05, 0) is 43.9 Å². The lowest BCUT2D eigenvalue weighted by atomic mass is 9.84. The van der Waals surface area contributed by atoms with Gasteiger partial charge in [0.15, 0.2) is 0 Å². The van der Waals surface area contributed by atoms with Gasteiger partial charge in [0.1, 0.15) is 0 Å². The van der Waals surface area contributed by atoms with Crippen molar-refractivity contribution < 1.29 is 19.1 Å². The molecule has 144 valence electrons. The zero-order valence-corrected chi connectivity index (χ0v) is 16.7. The molecule has 0 radical (unpaired) electrons. The molecule has 1 fully saturated rings. The maximum Gasteiger partial charge on any atom is 0.306 e. The van der Waals surface area contributed by atoms with Gasteiger partial charge < -0.3 is 14.4 Å². The second-order valence-corrected chi connectivity index (χ2v) is 7.22. The van der Waals surface area contributed by atoms with Gasteiger partial charge in [0.05, 0.1) is 31.7 Å². The molecule has 4 unspecified atom stereocenters. The summed E-state index contributed by atoms with van der Waals surface area (Å²) in [5.41, 5.74) is 1.06. The third-order valence-corrected chi connectivity index (χ3v) is 5.56. The molecule has 0 bridgehead atoms. The van der Waals surface area contributed by atoms with E-state index in [1.807, 2.05) is 36.1 Å². The monoisotopic (exact) mass is 381 g/mol. The quantitative estimate of drug-likeness (QED) is 0.670. The number of methoxy groups -OCH3 is 2. The molecule has 1 aromatic rings. The fourth-order valence-electron chi connectivity index (χ4n) is 3.78. The third-order valence-electron chi connectivity index (χ3n) is 5.31. The van der Waals surface area contributed by atoms with Crippen LogP contribution in [0.3, 0.4) is 0 Å². The molecule has 6 heteroatoms. The Morgan fingerprint density at radius 3 is 2.46 bits per heavy atom. The van der Waals surface area contributed by atoms with Crippen molar-refractivity contribution in [1.82, 2.24) is 4.90 Å². The third kappa shape index (κ3) is 4.57. The summed E-state index contributed by atoms with van der Waals surface area (Å²) in [7, 11) is 3.01. The molecule has 1 aromatic carbocycles. The van der Waals surface area contributed by atoms with Crippen LogP contribution in [0, 0.1) is 5.92 Å². The summed E-state index contributed by atoms with van der Waals surface area (Å²) in [5.74, 6) is -0.692. The second-order valence-electron chi connectivity index (χ2n) is 6.78. The minimum atomic E-state index is -0.346. The summed E-state index contributed by atoms with van der Waals surface area (Å²) >= 11 is 6.02. The van der Waals surface area contributed by atoms with E-state index in [2.05, 4.69) is 6.92 Å². The van der Waals surface area contributed by atoms with Gasteiger partial charge in [-0.3, -0.25) is 9.59 Å². The van der Waals surface area contributed by atoms with Gasteiger partial charge >= 0.3 is 5.97 Å². The number of hydrogen-bond donors (Lipinski definition) is 0. The van der Waals surface area contributed by atoms with Crippen molar-refractivity contribution in [2.75, 3.05) is 14.2 Å². The SMILES string of the molecule is CCC(C(C)OC)N1C(=O)C(CC(=O)OC)CCC1c1ccc(Cl)cc1. The average Bonchev–Trinajstić information content (AvgIpc) is 2.65. The van der Waals surface area contributed by atoms with Crippen molar-refractivity contribution in [3.8, 4) is 0 Å². The Labute approximate surface area is 160 Å². The Hall–Kier alpha value is -1.59. The van der Waals surface area contributed by atoms with Crippen LogP contribution in [0.1, 0.15) is 51.1 Å². The molecular weight excluding hydrogens is 354 g/mol. The van der Waals surface area contributed by atoms with E-state index in [9.17, 15) is 9.59 Å². The number of rotatable bonds is 7. The lowest BCUT2D eigenvalue weighted by Crippen LogP contribution is -2.53. The molecule has 1 aliphatic heterocycles. The van der Waals surface area contributed by atoms with Crippen molar-refractivity contribution in [2.24, 2.45) is 5.92 Å². The highest BCUT2D eigenvalue weighted by Crippen LogP contribution is 2.39.